The van der Waals surface area contributed by atoms with E-state index in [2.05, 4.69) is 42.3 Å². The SMILES string of the molecule is COc1ccc2c(c1)CCCC2CN(C)CCc1ccc2c(c1)OCO2. The summed E-state index contributed by atoms with van der Waals surface area (Å²) in [6, 6.07) is 12.9. The Kier molecular flexibility index (Phi) is 5.02. The van der Waals surface area contributed by atoms with Crippen LogP contribution >= 0.6 is 0 Å². The van der Waals surface area contributed by atoms with Crippen molar-refractivity contribution in [1.29, 1.82) is 0 Å². The molecular formula is C22H27NO3. The number of fused-ring (bicyclic) bond motifs is 2. The fraction of sp³-hybridized carbons (Fsp3) is 0.455. The van der Waals surface area contributed by atoms with Crippen LogP contribution in [-0.2, 0) is 12.8 Å². The fourth-order valence-corrected chi connectivity index (χ4v) is 4.09. The molecule has 138 valence electrons. The van der Waals surface area contributed by atoms with E-state index in [4.69, 9.17) is 14.2 Å². The molecule has 0 radical (unpaired) electrons. The third kappa shape index (κ3) is 3.65. The van der Waals surface area contributed by atoms with Crippen molar-refractivity contribution >= 4 is 0 Å². The Bertz CT molecular complexity index is 774. The average molecular weight is 353 g/mol. The summed E-state index contributed by atoms with van der Waals surface area (Å²) >= 11 is 0. The van der Waals surface area contributed by atoms with Gasteiger partial charge >= 0.3 is 0 Å². The molecule has 0 N–H and O–H groups in total. The van der Waals surface area contributed by atoms with Crippen LogP contribution in [0, 0.1) is 0 Å². The van der Waals surface area contributed by atoms with Crippen molar-refractivity contribution in [2.45, 2.75) is 31.6 Å². The fourth-order valence-electron chi connectivity index (χ4n) is 4.09. The summed E-state index contributed by atoms with van der Waals surface area (Å²) in [7, 11) is 3.97. The Morgan fingerprint density at radius 3 is 2.88 bits per heavy atom. The smallest absolute Gasteiger partial charge is 0.231 e. The number of hydrogen-bond donors (Lipinski definition) is 0. The van der Waals surface area contributed by atoms with E-state index in [9.17, 15) is 0 Å². The van der Waals surface area contributed by atoms with E-state index in [1.807, 2.05) is 6.07 Å². The molecule has 1 aliphatic carbocycles. The molecule has 4 rings (SSSR count). The van der Waals surface area contributed by atoms with Crippen LogP contribution < -0.4 is 14.2 Å². The zero-order valence-corrected chi connectivity index (χ0v) is 15.7. The highest BCUT2D eigenvalue weighted by atomic mass is 16.7. The number of benzene rings is 2. The van der Waals surface area contributed by atoms with Gasteiger partial charge in [0.1, 0.15) is 5.75 Å². The van der Waals surface area contributed by atoms with E-state index in [0.29, 0.717) is 12.7 Å². The lowest BCUT2D eigenvalue weighted by Gasteiger charge is -2.29. The van der Waals surface area contributed by atoms with Crippen molar-refractivity contribution in [3.63, 3.8) is 0 Å². The zero-order valence-electron chi connectivity index (χ0n) is 15.7. The predicted molar refractivity (Wildman–Crippen MR) is 102 cm³/mol. The average Bonchev–Trinajstić information content (AvgIpc) is 3.14. The highest BCUT2D eigenvalue weighted by Gasteiger charge is 2.22. The Morgan fingerprint density at radius 1 is 1.12 bits per heavy atom. The first-order valence-electron chi connectivity index (χ1n) is 9.47. The van der Waals surface area contributed by atoms with Gasteiger partial charge in [-0.1, -0.05) is 12.1 Å². The van der Waals surface area contributed by atoms with E-state index in [1.54, 1.807) is 7.11 Å². The molecule has 0 amide bonds. The quantitative estimate of drug-likeness (QED) is 0.785. The summed E-state index contributed by atoms with van der Waals surface area (Å²) in [4.78, 5) is 2.45. The summed E-state index contributed by atoms with van der Waals surface area (Å²) in [5, 5.41) is 0. The molecule has 1 unspecified atom stereocenters. The number of methoxy groups -OCH3 is 1. The maximum atomic E-state index is 5.48. The van der Waals surface area contributed by atoms with Gasteiger partial charge in [0.25, 0.3) is 0 Å². The van der Waals surface area contributed by atoms with E-state index in [0.717, 1.165) is 36.8 Å². The van der Waals surface area contributed by atoms with Crippen LogP contribution in [-0.4, -0.2) is 38.9 Å². The molecule has 4 nitrogen and oxygen atoms in total. The summed E-state index contributed by atoms with van der Waals surface area (Å²) in [5.74, 6) is 3.32. The first-order valence-corrected chi connectivity index (χ1v) is 9.47. The van der Waals surface area contributed by atoms with Gasteiger partial charge in [-0.25, -0.2) is 0 Å². The Morgan fingerprint density at radius 2 is 2.00 bits per heavy atom. The van der Waals surface area contributed by atoms with Crippen LogP contribution in [0.1, 0.15) is 35.4 Å². The van der Waals surface area contributed by atoms with Gasteiger partial charge < -0.3 is 19.1 Å². The van der Waals surface area contributed by atoms with Crippen molar-refractivity contribution < 1.29 is 14.2 Å². The van der Waals surface area contributed by atoms with Gasteiger partial charge in [0.2, 0.25) is 6.79 Å². The normalized spacial score (nSPS) is 18.0. The molecule has 1 atom stereocenters. The number of aryl methyl sites for hydroxylation is 1. The molecule has 0 aromatic heterocycles. The lowest BCUT2D eigenvalue weighted by molar-refractivity contribution is 0.174. The summed E-state index contributed by atoms with van der Waals surface area (Å²) in [6.07, 6.45) is 4.73. The summed E-state index contributed by atoms with van der Waals surface area (Å²) in [6.45, 7) is 2.48. The van der Waals surface area contributed by atoms with E-state index in [1.165, 1.54) is 36.0 Å². The van der Waals surface area contributed by atoms with Gasteiger partial charge in [-0.15, -0.1) is 0 Å². The molecule has 0 spiro atoms. The van der Waals surface area contributed by atoms with Gasteiger partial charge in [-0.05, 0) is 79.6 Å². The molecule has 0 fully saturated rings. The van der Waals surface area contributed by atoms with Gasteiger partial charge in [-0.2, -0.15) is 0 Å². The highest BCUT2D eigenvalue weighted by molar-refractivity contribution is 5.44. The molecule has 4 heteroatoms. The number of rotatable bonds is 6. The lowest BCUT2D eigenvalue weighted by atomic mass is 9.82. The van der Waals surface area contributed by atoms with Crippen LogP contribution in [0.15, 0.2) is 36.4 Å². The molecular weight excluding hydrogens is 326 g/mol. The van der Waals surface area contributed by atoms with Crippen LogP contribution in [0.25, 0.3) is 0 Å². The lowest BCUT2D eigenvalue weighted by Crippen LogP contribution is -2.28. The van der Waals surface area contributed by atoms with Crippen LogP contribution in [0.5, 0.6) is 17.2 Å². The van der Waals surface area contributed by atoms with Crippen LogP contribution in [0.2, 0.25) is 0 Å². The standard InChI is InChI=1S/C22H27NO3/c1-23(11-10-16-6-9-21-22(12-16)26-15-25-21)14-18-5-3-4-17-13-19(24-2)7-8-20(17)18/h6-9,12-13,18H,3-5,10-11,14-15H2,1-2H3. The van der Waals surface area contributed by atoms with Crippen molar-refractivity contribution in [2.24, 2.45) is 0 Å². The number of hydrogen-bond acceptors (Lipinski definition) is 4. The Balaban J connectivity index is 1.36. The second-order valence-corrected chi connectivity index (χ2v) is 7.35. The molecule has 0 saturated heterocycles. The van der Waals surface area contributed by atoms with Gasteiger partial charge in [0.15, 0.2) is 11.5 Å². The largest absolute Gasteiger partial charge is 0.497 e. The van der Waals surface area contributed by atoms with Crippen molar-refractivity contribution in [1.82, 2.24) is 4.90 Å². The minimum absolute atomic E-state index is 0.338. The molecule has 1 heterocycles. The van der Waals surface area contributed by atoms with Crippen molar-refractivity contribution in [3.8, 4) is 17.2 Å². The van der Waals surface area contributed by atoms with Gasteiger partial charge in [-0.3, -0.25) is 0 Å². The third-order valence-corrected chi connectivity index (χ3v) is 5.54. The number of likely N-dealkylation sites (N-methyl/N-ethyl adjacent to an activating group) is 1. The van der Waals surface area contributed by atoms with Crippen molar-refractivity contribution in [2.75, 3.05) is 34.0 Å². The minimum atomic E-state index is 0.338. The Hall–Kier alpha value is -2.20. The number of nitrogens with zero attached hydrogens (tertiary/aromatic N) is 1. The molecule has 2 aliphatic rings. The predicted octanol–water partition coefficient (Wildman–Crippen LogP) is 4.02. The molecule has 0 bridgehead atoms. The second kappa shape index (κ2) is 7.58. The molecule has 2 aromatic carbocycles. The topological polar surface area (TPSA) is 30.9 Å². The highest BCUT2D eigenvalue weighted by Crippen LogP contribution is 2.35. The molecule has 1 aliphatic heterocycles. The zero-order chi connectivity index (χ0) is 17.9. The van der Waals surface area contributed by atoms with Crippen LogP contribution in [0.4, 0.5) is 0 Å². The first kappa shape index (κ1) is 17.2. The van der Waals surface area contributed by atoms with E-state index in [-0.39, 0.29) is 0 Å². The minimum Gasteiger partial charge on any atom is -0.497 e. The number of ether oxygens (including phenoxy) is 3. The maximum absolute atomic E-state index is 5.48. The third-order valence-electron chi connectivity index (χ3n) is 5.54. The van der Waals surface area contributed by atoms with Gasteiger partial charge in [0.05, 0.1) is 7.11 Å². The first-order chi connectivity index (χ1) is 12.7. The Labute approximate surface area is 155 Å². The van der Waals surface area contributed by atoms with E-state index < -0.39 is 0 Å². The van der Waals surface area contributed by atoms with E-state index >= 15 is 0 Å². The summed E-state index contributed by atoms with van der Waals surface area (Å²) < 4.78 is 16.3. The molecule has 0 saturated carbocycles. The van der Waals surface area contributed by atoms with Crippen LogP contribution in [0.3, 0.4) is 0 Å². The summed E-state index contributed by atoms with van der Waals surface area (Å²) in [5.41, 5.74) is 4.27. The van der Waals surface area contributed by atoms with Crippen molar-refractivity contribution in [3.05, 3.63) is 53.1 Å². The second-order valence-electron chi connectivity index (χ2n) is 7.35. The van der Waals surface area contributed by atoms with Gasteiger partial charge in [0, 0.05) is 13.1 Å². The maximum Gasteiger partial charge on any atom is 0.231 e. The molecule has 26 heavy (non-hydrogen) atoms. The monoisotopic (exact) mass is 353 g/mol. The molecule has 2 aromatic rings.